The summed E-state index contributed by atoms with van der Waals surface area (Å²) in [7, 11) is 0. The van der Waals surface area contributed by atoms with Crippen LogP contribution in [0, 0.1) is 11.3 Å². The largest absolute Gasteiger partial charge is 0.351 e. The maximum absolute atomic E-state index is 12.1. The molecule has 4 rings (SSSR count). The lowest BCUT2D eigenvalue weighted by atomic mass is 9.60. The Morgan fingerprint density at radius 3 is 2.88 bits per heavy atom. The fourth-order valence-corrected chi connectivity index (χ4v) is 3.38. The second-order valence-electron chi connectivity index (χ2n) is 6.24. The van der Waals surface area contributed by atoms with E-state index in [9.17, 15) is 4.79 Å². The molecule has 0 radical (unpaired) electrons. The minimum Gasteiger partial charge on any atom is -0.351 e. The second-order valence-corrected chi connectivity index (χ2v) is 6.24. The molecule has 3 heterocycles. The van der Waals surface area contributed by atoms with Gasteiger partial charge in [-0.25, -0.2) is 4.98 Å². The molecular formula is C13H19N3O. The summed E-state index contributed by atoms with van der Waals surface area (Å²) in [5.74, 6) is 0.740. The standard InChI is InChI=1S/C13H19N3O/c1-12(2)7-9-6-10(15-11(12)17)13(9,3)16-5-4-14-8-16/h4-5,8-10H,6-7H2,1-3H3,(H,15,17). The lowest BCUT2D eigenvalue weighted by Crippen LogP contribution is -2.63. The molecule has 2 aliphatic heterocycles. The highest BCUT2D eigenvalue weighted by Crippen LogP contribution is 2.52. The molecule has 1 aliphatic carbocycles. The summed E-state index contributed by atoms with van der Waals surface area (Å²) in [5.41, 5.74) is -0.252. The van der Waals surface area contributed by atoms with Gasteiger partial charge in [0.15, 0.2) is 0 Å². The van der Waals surface area contributed by atoms with Crippen LogP contribution in [0.25, 0.3) is 0 Å². The molecule has 3 aliphatic rings. The molecule has 1 amide bonds. The van der Waals surface area contributed by atoms with Gasteiger partial charge >= 0.3 is 0 Å². The number of nitrogens with one attached hydrogen (secondary N) is 1. The first-order chi connectivity index (χ1) is 7.94. The maximum Gasteiger partial charge on any atom is 0.225 e. The molecule has 3 fully saturated rings. The van der Waals surface area contributed by atoms with Crippen LogP contribution >= 0.6 is 0 Å². The van der Waals surface area contributed by atoms with Crippen LogP contribution in [0.4, 0.5) is 0 Å². The Morgan fingerprint density at radius 1 is 1.47 bits per heavy atom. The summed E-state index contributed by atoms with van der Waals surface area (Å²) in [6.45, 7) is 6.31. The fourth-order valence-electron chi connectivity index (χ4n) is 3.38. The van der Waals surface area contributed by atoms with E-state index in [1.54, 1.807) is 0 Å². The lowest BCUT2D eigenvalue weighted by Gasteiger charge is -2.53. The van der Waals surface area contributed by atoms with E-state index in [2.05, 4.69) is 21.8 Å². The number of carbonyl (C=O) groups is 1. The molecule has 0 spiro atoms. The summed E-state index contributed by atoms with van der Waals surface area (Å²) in [4.78, 5) is 16.2. The third-order valence-corrected chi connectivity index (χ3v) is 4.79. The maximum atomic E-state index is 12.1. The van der Waals surface area contributed by atoms with E-state index >= 15 is 0 Å². The normalized spacial score (nSPS) is 39.1. The van der Waals surface area contributed by atoms with Gasteiger partial charge in [-0.05, 0) is 25.7 Å². The number of hydrogen-bond donors (Lipinski definition) is 1. The van der Waals surface area contributed by atoms with Crippen molar-refractivity contribution in [1.82, 2.24) is 14.9 Å². The summed E-state index contributed by atoms with van der Waals surface area (Å²) in [6, 6.07) is 0.246. The smallest absolute Gasteiger partial charge is 0.225 e. The topological polar surface area (TPSA) is 46.9 Å². The van der Waals surface area contributed by atoms with Gasteiger partial charge in [0.05, 0.1) is 17.9 Å². The molecule has 2 saturated heterocycles. The number of amides is 1. The van der Waals surface area contributed by atoms with E-state index in [4.69, 9.17) is 0 Å². The van der Waals surface area contributed by atoms with Crippen molar-refractivity contribution in [2.75, 3.05) is 0 Å². The lowest BCUT2D eigenvalue weighted by molar-refractivity contribution is -0.129. The Balaban J connectivity index is 1.99. The molecule has 17 heavy (non-hydrogen) atoms. The highest BCUT2D eigenvalue weighted by atomic mass is 16.2. The third kappa shape index (κ3) is 1.30. The average Bonchev–Trinajstić information content (AvgIpc) is 2.74. The van der Waals surface area contributed by atoms with E-state index in [0.29, 0.717) is 5.92 Å². The Hall–Kier alpha value is -1.32. The van der Waals surface area contributed by atoms with Crippen LogP contribution in [-0.2, 0) is 10.3 Å². The second kappa shape index (κ2) is 3.12. The molecule has 1 aromatic heterocycles. The molecule has 3 unspecified atom stereocenters. The van der Waals surface area contributed by atoms with Crippen molar-refractivity contribution in [3.63, 3.8) is 0 Å². The highest BCUT2D eigenvalue weighted by molar-refractivity contribution is 5.83. The monoisotopic (exact) mass is 233 g/mol. The molecule has 2 bridgehead atoms. The third-order valence-electron chi connectivity index (χ3n) is 4.79. The van der Waals surface area contributed by atoms with Gasteiger partial charge in [-0.15, -0.1) is 0 Å². The van der Waals surface area contributed by atoms with Gasteiger partial charge in [0, 0.05) is 17.8 Å². The van der Waals surface area contributed by atoms with E-state index < -0.39 is 0 Å². The summed E-state index contributed by atoms with van der Waals surface area (Å²) in [5, 5.41) is 3.19. The summed E-state index contributed by atoms with van der Waals surface area (Å²) in [6.07, 6.45) is 7.71. The minimum atomic E-state index is -0.252. The van der Waals surface area contributed by atoms with Gasteiger partial charge in [-0.1, -0.05) is 13.8 Å². The molecule has 4 heteroatoms. The summed E-state index contributed by atoms with van der Waals surface area (Å²) >= 11 is 0. The van der Waals surface area contributed by atoms with Gasteiger partial charge in [0.1, 0.15) is 0 Å². The predicted molar refractivity (Wildman–Crippen MR) is 64.3 cm³/mol. The van der Waals surface area contributed by atoms with Crippen molar-refractivity contribution in [3.8, 4) is 0 Å². The van der Waals surface area contributed by atoms with Gasteiger partial charge in [0.25, 0.3) is 0 Å². The molecule has 1 N–H and O–H groups in total. The van der Waals surface area contributed by atoms with Crippen LogP contribution in [0.2, 0.25) is 0 Å². The predicted octanol–water partition coefficient (Wildman–Crippen LogP) is 1.53. The number of aromatic nitrogens is 2. The molecule has 1 aromatic rings. The number of rotatable bonds is 1. The molecular weight excluding hydrogens is 214 g/mol. The Bertz CT molecular complexity index is 451. The highest BCUT2D eigenvalue weighted by Gasteiger charge is 2.58. The number of fused-ring (bicyclic) bond motifs is 3. The first-order valence-electron chi connectivity index (χ1n) is 6.24. The van der Waals surface area contributed by atoms with Crippen molar-refractivity contribution >= 4 is 5.91 Å². The quantitative estimate of drug-likeness (QED) is 0.799. The molecule has 3 atom stereocenters. The van der Waals surface area contributed by atoms with Crippen molar-refractivity contribution in [2.24, 2.45) is 11.3 Å². The minimum absolute atomic E-state index is 0.0000694. The number of hydrogen-bond acceptors (Lipinski definition) is 2. The molecule has 1 saturated carbocycles. The van der Waals surface area contributed by atoms with E-state index in [-0.39, 0.29) is 22.9 Å². The van der Waals surface area contributed by atoms with Crippen LogP contribution < -0.4 is 5.32 Å². The van der Waals surface area contributed by atoms with Crippen LogP contribution in [0.15, 0.2) is 18.7 Å². The van der Waals surface area contributed by atoms with Crippen molar-refractivity contribution < 1.29 is 4.79 Å². The van der Waals surface area contributed by atoms with Gasteiger partial charge in [-0.2, -0.15) is 0 Å². The number of imidazole rings is 1. The van der Waals surface area contributed by atoms with E-state index in [1.165, 1.54) is 0 Å². The van der Waals surface area contributed by atoms with E-state index in [1.807, 2.05) is 32.6 Å². The number of carbonyl (C=O) groups excluding carboxylic acids is 1. The van der Waals surface area contributed by atoms with Gasteiger partial charge in [-0.3, -0.25) is 4.79 Å². The molecule has 4 nitrogen and oxygen atoms in total. The number of nitrogens with zero attached hydrogens (tertiary/aromatic N) is 2. The van der Waals surface area contributed by atoms with E-state index in [0.717, 1.165) is 12.8 Å². The van der Waals surface area contributed by atoms with Crippen LogP contribution in [0.5, 0.6) is 0 Å². The first kappa shape index (κ1) is 10.8. The Labute approximate surface area is 101 Å². The van der Waals surface area contributed by atoms with Crippen LogP contribution in [0.1, 0.15) is 33.6 Å². The van der Waals surface area contributed by atoms with Crippen molar-refractivity contribution in [2.45, 2.75) is 45.2 Å². The summed E-state index contributed by atoms with van der Waals surface area (Å²) < 4.78 is 2.16. The van der Waals surface area contributed by atoms with Gasteiger partial charge in [0.2, 0.25) is 5.91 Å². The van der Waals surface area contributed by atoms with Crippen LogP contribution in [0.3, 0.4) is 0 Å². The average molecular weight is 233 g/mol. The van der Waals surface area contributed by atoms with Gasteiger partial charge < -0.3 is 9.88 Å². The molecule has 0 aromatic carbocycles. The Kier molecular flexibility index (Phi) is 1.98. The first-order valence-corrected chi connectivity index (χ1v) is 6.24. The molecule has 92 valence electrons. The Morgan fingerprint density at radius 2 is 2.24 bits per heavy atom. The fraction of sp³-hybridized carbons (Fsp3) is 0.692. The zero-order chi connectivity index (χ0) is 12.3. The van der Waals surface area contributed by atoms with Crippen molar-refractivity contribution in [1.29, 1.82) is 0 Å². The SMILES string of the molecule is CC1(C)CC2CC(NC1=O)C2(C)n1ccnc1. The van der Waals surface area contributed by atoms with Crippen LogP contribution in [-0.4, -0.2) is 21.5 Å². The van der Waals surface area contributed by atoms with Crippen molar-refractivity contribution in [3.05, 3.63) is 18.7 Å². The zero-order valence-electron chi connectivity index (χ0n) is 10.6. The zero-order valence-corrected chi connectivity index (χ0v) is 10.6.